The van der Waals surface area contributed by atoms with Crippen molar-refractivity contribution in [1.29, 1.82) is 0 Å². The Morgan fingerprint density at radius 1 is 0.911 bits per heavy atom. The van der Waals surface area contributed by atoms with Gasteiger partial charge in [-0.25, -0.2) is 18.0 Å². The number of hydrogen-bond acceptors (Lipinski definition) is 6. The minimum absolute atomic E-state index is 0.0842. The molecule has 1 heterocycles. The van der Waals surface area contributed by atoms with Crippen LogP contribution in [0.3, 0.4) is 0 Å². The van der Waals surface area contributed by atoms with E-state index in [-0.39, 0.29) is 36.1 Å². The molecule has 1 aliphatic heterocycles. The van der Waals surface area contributed by atoms with Gasteiger partial charge in [0.15, 0.2) is 0 Å². The lowest BCUT2D eigenvalue weighted by atomic mass is 9.91. The number of anilines is 1. The smallest absolute Gasteiger partial charge is 0.326 e. The highest BCUT2D eigenvalue weighted by Gasteiger charge is 2.44. The first kappa shape index (κ1) is 40.9. The number of carbonyl (C=O) groups excluding carboxylic acids is 1. The molecule has 0 bridgehead atoms. The van der Waals surface area contributed by atoms with Crippen LogP contribution in [0.15, 0.2) is 60.7 Å². The minimum Gasteiger partial charge on any atom is -0.493 e. The van der Waals surface area contributed by atoms with Crippen LogP contribution >= 0.6 is 0 Å². The average Bonchev–Trinajstić information content (AvgIpc) is 3.93. The maximum atomic E-state index is 15.5. The molecule has 2 aliphatic rings. The molecule has 4 aromatic carbocycles. The van der Waals surface area contributed by atoms with Gasteiger partial charge in [-0.1, -0.05) is 50.2 Å². The van der Waals surface area contributed by atoms with Gasteiger partial charge in [-0.05, 0) is 129 Å². The standard InChI is InChI=1S/C45H54F3N3O5/c1-6-39(45(47,48)7-2)49-31-22-28(5)40(35(46)26-31)42(52)50-36(43(53)54)25-30-12-10-14-33-32(30)13-11-15-34(33)41-37(55-8-3)23-29(24-38(41)56-9-4)27-51-20-18-44(16-17-44)19-21-51/h10-15,22-24,26,36,39,49H,6-9,16-21,25,27H2,1-5H3,(H,50,52)(H,53,54)/t36-,39+/m0/s1. The number of nitrogens with zero attached hydrogens (tertiary/aromatic N) is 1. The molecular weight excluding hydrogens is 720 g/mol. The van der Waals surface area contributed by atoms with Crippen molar-refractivity contribution in [2.75, 3.05) is 31.6 Å². The molecule has 1 spiro atoms. The van der Waals surface area contributed by atoms with Gasteiger partial charge in [-0.2, -0.15) is 0 Å². The molecule has 2 fully saturated rings. The number of alkyl halides is 2. The Balaban J connectivity index is 1.27. The normalized spacial score (nSPS) is 16.4. The Kier molecular flexibility index (Phi) is 12.5. The van der Waals surface area contributed by atoms with Crippen LogP contribution in [0.25, 0.3) is 21.9 Å². The number of carbonyl (C=O) groups is 2. The summed E-state index contributed by atoms with van der Waals surface area (Å²) in [6.45, 7) is 12.3. The van der Waals surface area contributed by atoms with Gasteiger partial charge in [-0.3, -0.25) is 9.69 Å². The highest BCUT2D eigenvalue weighted by atomic mass is 19.3. The number of nitrogens with one attached hydrogen (secondary N) is 2. The van der Waals surface area contributed by atoms with Crippen molar-refractivity contribution >= 4 is 28.3 Å². The van der Waals surface area contributed by atoms with Crippen molar-refractivity contribution < 1.29 is 37.3 Å². The lowest BCUT2D eigenvalue weighted by Gasteiger charge is -2.32. The molecule has 3 N–H and O–H groups in total. The SMILES string of the molecule is CCOc1cc(CN2CCC3(CC2)CC3)cc(OCC)c1-c1cccc2c(C[C@H](NC(=O)c3c(C)cc(N[C@H](CC)C(F)(F)CC)cc3F)C(=O)O)cccc12. The topological polar surface area (TPSA) is 100 Å². The zero-order valence-corrected chi connectivity index (χ0v) is 33.1. The minimum atomic E-state index is -3.01. The molecule has 300 valence electrons. The summed E-state index contributed by atoms with van der Waals surface area (Å²) in [5, 5.41) is 17.1. The van der Waals surface area contributed by atoms with Gasteiger partial charge < -0.3 is 25.2 Å². The number of rotatable bonds is 17. The number of carboxylic acid groups (broad SMARTS) is 1. The molecule has 11 heteroatoms. The van der Waals surface area contributed by atoms with Crippen LogP contribution < -0.4 is 20.1 Å². The molecule has 1 saturated carbocycles. The van der Waals surface area contributed by atoms with Gasteiger partial charge in [0.25, 0.3) is 11.8 Å². The summed E-state index contributed by atoms with van der Waals surface area (Å²) in [5.41, 5.74) is 4.00. The number of ether oxygens (including phenoxy) is 2. The summed E-state index contributed by atoms with van der Waals surface area (Å²) in [6, 6.07) is 15.5. The van der Waals surface area contributed by atoms with E-state index < -0.39 is 35.7 Å². The van der Waals surface area contributed by atoms with Crippen molar-refractivity contribution in [2.24, 2.45) is 5.41 Å². The van der Waals surface area contributed by atoms with Crippen LogP contribution in [0.5, 0.6) is 11.5 Å². The molecule has 56 heavy (non-hydrogen) atoms. The third kappa shape index (κ3) is 8.93. The summed E-state index contributed by atoms with van der Waals surface area (Å²) in [5.74, 6) is -4.74. The molecule has 6 rings (SSSR count). The fourth-order valence-corrected chi connectivity index (χ4v) is 8.15. The lowest BCUT2D eigenvalue weighted by Crippen LogP contribution is -2.43. The maximum absolute atomic E-state index is 15.5. The molecular formula is C45H54F3N3O5. The van der Waals surface area contributed by atoms with Crippen LogP contribution in [-0.4, -0.2) is 66.2 Å². The van der Waals surface area contributed by atoms with E-state index in [4.69, 9.17) is 9.47 Å². The highest BCUT2D eigenvalue weighted by molar-refractivity contribution is 6.02. The fraction of sp³-hybridized carbons (Fsp3) is 0.467. The van der Waals surface area contributed by atoms with Gasteiger partial charge in [-0.15, -0.1) is 0 Å². The van der Waals surface area contributed by atoms with Crippen LogP contribution in [-0.2, 0) is 17.8 Å². The summed E-state index contributed by atoms with van der Waals surface area (Å²) >= 11 is 0. The number of benzene rings is 4. The van der Waals surface area contributed by atoms with E-state index in [1.165, 1.54) is 45.6 Å². The number of aryl methyl sites for hydroxylation is 1. The molecule has 4 aromatic rings. The quantitative estimate of drug-likeness (QED) is 0.0983. The zero-order chi connectivity index (χ0) is 40.2. The lowest BCUT2D eigenvalue weighted by molar-refractivity contribution is -0.139. The molecule has 1 saturated heterocycles. The maximum Gasteiger partial charge on any atom is 0.326 e. The number of amides is 1. The summed E-state index contributed by atoms with van der Waals surface area (Å²) < 4.78 is 56.9. The Hall–Kier alpha value is -4.77. The van der Waals surface area contributed by atoms with Crippen molar-refractivity contribution in [1.82, 2.24) is 10.2 Å². The van der Waals surface area contributed by atoms with Crippen LogP contribution in [0.4, 0.5) is 18.9 Å². The van der Waals surface area contributed by atoms with E-state index in [1.807, 2.05) is 50.2 Å². The monoisotopic (exact) mass is 773 g/mol. The number of likely N-dealkylation sites (tertiary alicyclic amines) is 1. The molecule has 1 aliphatic carbocycles. The molecule has 1 amide bonds. The first-order valence-electron chi connectivity index (χ1n) is 20.0. The molecule has 8 nitrogen and oxygen atoms in total. The second kappa shape index (κ2) is 17.2. The van der Waals surface area contributed by atoms with E-state index in [1.54, 1.807) is 6.92 Å². The Morgan fingerprint density at radius 2 is 1.55 bits per heavy atom. The molecule has 0 unspecified atom stereocenters. The third-order valence-corrected chi connectivity index (χ3v) is 11.6. The summed E-state index contributed by atoms with van der Waals surface area (Å²) in [6.07, 6.45) is 4.85. The first-order chi connectivity index (χ1) is 26.8. The zero-order valence-electron chi connectivity index (χ0n) is 33.1. The summed E-state index contributed by atoms with van der Waals surface area (Å²) in [4.78, 5) is 28.6. The van der Waals surface area contributed by atoms with Gasteiger partial charge in [0.05, 0.1) is 30.4 Å². The van der Waals surface area contributed by atoms with E-state index in [9.17, 15) is 23.5 Å². The van der Waals surface area contributed by atoms with E-state index in [0.717, 1.165) is 53.2 Å². The van der Waals surface area contributed by atoms with Gasteiger partial charge in [0.1, 0.15) is 23.4 Å². The Bertz CT molecular complexity index is 2010. The molecule has 0 radical (unpaired) electrons. The molecule has 2 atom stereocenters. The highest BCUT2D eigenvalue weighted by Crippen LogP contribution is 2.54. The first-order valence-corrected chi connectivity index (χ1v) is 20.0. The number of fused-ring (bicyclic) bond motifs is 1. The van der Waals surface area contributed by atoms with Crippen LogP contribution in [0.2, 0.25) is 0 Å². The van der Waals surface area contributed by atoms with Gasteiger partial charge in [0, 0.05) is 25.1 Å². The van der Waals surface area contributed by atoms with Crippen molar-refractivity contribution in [3.8, 4) is 22.6 Å². The largest absolute Gasteiger partial charge is 0.493 e. The van der Waals surface area contributed by atoms with Crippen LogP contribution in [0.1, 0.15) is 93.3 Å². The fourth-order valence-electron chi connectivity index (χ4n) is 8.15. The summed E-state index contributed by atoms with van der Waals surface area (Å²) in [7, 11) is 0. The van der Waals surface area contributed by atoms with Gasteiger partial charge in [0.2, 0.25) is 0 Å². The second-order valence-corrected chi connectivity index (χ2v) is 15.4. The third-order valence-electron chi connectivity index (χ3n) is 11.6. The number of piperidine rings is 1. The van der Waals surface area contributed by atoms with E-state index >= 15 is 4.39 Å². The van der Waals surface area contributed by atoms with Crippen LogP contribution in [0, 0.1) is 18.2 Å². The van der Waals surface area contributed by atoms with Gasteiger partial charge >= 0.3 is 5.97 Å². The Labute approximate surface area is 327 Å². The second-order valence-electron chi connectivity index (χ2n) is 15.4. The number of hydrogen-bond donors (Lipinski definition) is 3. The predicted molar refractivity (Wildman–Crippen MR) is 215 cm³/mol. The Morgan fingerprint density at radius 3 is 2.12 bits per heavy atom. The van der Waals surface area contributed by atoms with E-state index in [0.29, 0.717) is 35.7 Å². The van der Waals surface area contributed by atoms with Crippen molar-refractivity contribution in [3.63, 3.8) is 0 Å². The van der Waals surface area contributed by atoms with E-state index in [2.05, 4.69) is 27.7 Å². The number of halogens is 3. The predicted octanol–water partition coefficient (Wildman–Crippen LogP) is 9.79. The van der Waals surface area contributed by atoms with Crippen molar-refractivity contribution in [2.45, 2.75) is 104 Å². The number of carboxylic acids is 1. The number of aliphatic carboxylic acids is 1. The average molecular weight is 774 g/mol. The van der Waals surface area contributed by atoms with Crippen molar-refractivity contribution in [3.05, 3.63) is 88.7 Å². The molecule has 0 aromatic heterocycles.